The molecule has 3 aromatic rings. The van der Waals surface area contributed by atoms with Gasteiger partial charge in [-0.2, -0.15) is 5.26 Å². The molecule has 1 fully saturated rings. The minimum Gasteiger partial charge on any atom is -0.486 e. The van der Waals surface area contributed by atoms with Crippen LogP contribution >= 0.6 is 11.6 Å². The molecule has 0 bridgehead atoms. The van der Waals surface area contributed by atoms with E-state index in [4.69, 9.17) is 16.3 Å². The topological polar surface area (TPSA) is 94.3 Å². The van der Waals surface area contributed by atoms with E-state index in [9.17, 15) is 10.4 Å². The van der Waals surface area contributed by atoms with Gasteiger partial charge in [-0.3, -0.25) is 0 Å². The Labute approximate surface area is 218 Å². The Hall–Kier alpha value is -3.08. The molecule has 4 rings (SSSR count). The van der Waals surface area contributed by atoms with Crippen molar-refractivity contribution in [1.29, 1.82) is 5.26 Å². The third kappa shape index (κ3) is 5.50. The standard InChI is InChI=1S/C28H34ClN5O2/c1-27(2,3)28(4,5)36-24-9-7-19(15-23(24)29)17-31-25-22-14-18(16-30)6-8-21(22)26(33-32-25)34-12-10-20(35)11-13-34/h6-9,14-15,20,35H,10-13,17H2,1-5H3,(H,31,32). The average Bonchev–Trinajstić information content (AvgIpc) is 2.83. The predicted molar refractivity (Wildman–Crippen MR) is 145 cm³/mol. The second-order valence-electron chi connectivity index (χ2n) is 10.9. The van der Waals surface area contributed by atoms with Crippen LogP contribution in [0.15, 0.2) is 36.4 Å². The van der Waals surface area contributed by atoms with Gasteiger partial charge in [-0.15, -0.1) is 10.2 Å². The van der Waals surface area contributed by atoms with Gasteiger partial charge in [0.1, 0.15) is 11.4 Å². The molecule has 2 aromatic carbocycles. The van der Waals surface area contributed by atoms with Crippen LogP contribution in [0.3, 0.4) is 0 Å². The quantitative estimate of drug-likeness (QED) is 0.427. The summed E-state index contributed by atoms with van der Waals surface area (Å²) < 4.78 is 6.25. The van der Waals surface area contributed by atoms with Crippen molar-refractivity contribution in [2.75, 3.05) is 23.3 Å². The summed E-state index contributed by atoms with van der Waals surface area (Å²) >= 11 is 6.58. The van der Waals surface area contributed by atoms with E-state index in [0.717, 1.165) is 35.2 Å². The molecule has 36 heavy (non-hydrogen) atoms. The molecule has 0 spiro atoms. The summed E-state index contributed by atoms with van der Waals surface area (Å²) in [7, 11) is 0. The fourth-order valence-electron chi connectivity index (χ4n) is 4.00. The molecule has 2 N–H and O–H groups in total. The maximum absolute atomic E-state index is 9.88. The summed E-state index contributed by atoms with van der Waals surface area (Å²) in [6.07, 6.45) is 1.13. The second kappa shape index (κ2) is 10.1. The number of aromatic nitrogens is 2. The minimum atomic E-state index is -0.391. The van der Waals surface area contributed by atoms with Crippen molar-refractivity contribution < 1.29 is 9.84 Å². The highest BCUT2D eigenvalue weighted by atomic mass is 35.5. The minimum absolute atomic E-state index is 0.0568. The van der Waals surface area contributed by atoms with Crippen LogP contribution in [-0.2, 0) is 6.54 Å². The number of nitrogens with one attached hydrogen (secondary N) is 1. The van der Waals surface area contributed by atoms with Crippen LogP contribution < -0.4 is 15.0 Å². The number of nitriles is 1. The average molecular weight is 508 g/mol. The zero-order valence-electron chi connectivity index (χ0n) is 21.6. The number of nitrogens with zero attached hydrogens (tertiary/aromatic N) is 4. The highest BCUT2D eigenvalue weighted by Gasteiger charge is 2.35. The lowest BCUT2D eigenvalue weighted by Gasteiger charge is -2.39. The SMILES string of the molecule is CC(C)(C)C(C)(C)Oc1ccc(CNc2nnc(N3CCC(O)CC3)c3ccc(C#N)cc23)cc1Cl. The Balaban J connectivity index is 1.57. The third-order valence-electron chi connectivity index (χ3n) is 7.28. The molecule has 0 radical (unpaired) electrons. The molecule has 190 valence electrons. The Bertz CT molecular complexity index is 1290. The van der Waals surface area contributed by atoms with E-state index in [1.165, 1.54) is 0 Å². The van der Waals surface area contributed by atoms with Crippen molar-refractivity contribution in [3.63, 3.8) is 0 Å². The molecule has 2 heterocycles. The number of benzene rings is 2. The monoisotopic (exact) mass is 507 g/mol. The van der Waals surface area contributed by atoms with Gasteiger partial charge in [-0.05, 0) is 62.6 Å². The largest absolute Gasteiger partial charge is 0.486 e. The molecule has 7 nitrogen and oxygen atoms in total. The Morgan fingerprint density at radius 2 is 1.81 bits per heavy atom. The van der Waals surface area contributed by atoms with Crippen molar-refractivity contribution in [2.45, 2.75) is 65.7 Å². The number of fused-ring (bicyclic) bond motifs is 1. The summed E-state index contributed by atoms with van der Waals surface area (Å²) in [6.45, 7) is 12.5. The number of anilines is 2. The number of aliphatic hydroxyl groups is 1. The Kier molecular flexibility index (Phi) is 7.31. The number of ether oxygens (including phenoxy) is 1. The van der Waals surface area contributed by atoms with Gasteiger partial charge in [0.05, 0.1) is 22.8 Å². The van der Waals surface area contributed by atoms with E-state index in [1.54, 1.807) is 6.07 Å². The van der Waals surface area contributed by atoms with Gasteiger partial charge in [-0.1, -0.05) is 38.4 Å². The van der Waals surface area contributed by atoms with Crippen LogP contribution in [0.5, 0.6) is 5.75 Å². The van der Waals surface area contributed by atoms with Gasteiger partial charge >= 0.3 is 0 Å². The van der Waals surface area contributed by atoms with E-state index in [2.05, 4.69) is 61.1 Å². The van der Waals surface area contributed by atoms with Crippen LogP contribution in [0.1, 0.15) is 58.6 Å². The normalized spacial score (nSPS) is 15.1. The number of hydrogen-bond acceptors (Lipinski definition) is 7. The lowest BCUT2D eigenvalue weighted by molar-refractivity contribution is 0.000880. The summed E-state index contributed by atoms with van der Waals surface area (Å²) in [6, 6.07) is 13.6. The molecule has 0 atom stereocenters. The van der Waals surface area contributed by atoms with Crippen LogP contribution in [-0.4, -0.2) is 40.1 Å². The zero-order chi connectivity index (χ0) is 26.1. The second-order valence-corrected chi connectivity index (χ2v) is 11.4. The molecule has 1 saturated heterocycles. The van der Waals surface area contributed by atoms with Gasteiger partial charge in [0, 0.05) is 35.8 Å². The molecule has 1 aliphatic heterocycles. The molecule has 1 aliphatic rings. The van der Waals surface area contributed by atoms with Crippen molar-refractivity contribution in [2.24, 2.45) is 5.41 Å². The molecular formula is C28H34ClN5O2. The van der Waals surface area contributed by atoms with Gasteiger partial charge in [0.2, 0.25) is 0 Å². The molecule has 0 aliphatic carbocycles. The van der Waals surface area contributed by atoms with Gasteiger partial charge in [-0.25, -0.2) is 0 Å². The van der Waals surface area contributed by atoms with Gasteiger partial charge in [0.25, 0.3) is 0 Å². The van der Waals surface area contributed by atoms with Crippen LogP contribution in [0.2, 0.25) is 5.02 Å². The fraction of sp³-hybridized carbons (Fsp3) is 0.464. The number of halogens is 1. The summed E-state index contributed by atoms with van der Waals surface area (Å²) in [5, 5.41) is 34.0. The smallest absolute Gasteiger partial charge is 0.159 e. The number of piperidine rings is 1. The number of hydrogen-bond donors (Lipinski definition) is 2. The first-order valence-corrected chi connectivity index (χ1v) is 12.7. The van der Waals surface area contributed by atoms with Crippen molar-refractivity contribution >= 4 is 34.0 Å². The van der Waals surface area contributed by atoms with E-state index in [-0.39, 0.29) is 11.5 Å². The highest BCUT2D eigenvalue weighted by Crippen LogP contribution is 2.37. The predicted octanol–water partition coefficient (Wildman–Crippen LogP) is 5.93. The lowest BCUT2D eigenvalue weighted by atomic mass is 9.79. The van der Waals surface area contributed by atoms with Crippen LogP contribution in [0.4, 0.5) is 11.6 Å². The maximum atomic E-state index is 9.88. The number of rotatable bonds is 6. The first kappa shape index (κ1) is 26.0. The van der Waals surface area contributed by atoms with E-state index >= 15 is 0 Å². The number of aliphatic hydroxyl groups excluding tert-OH is 1. The van der Waals surface area contributed by atoms with Crippen molar-refractivity contribution in [3.8, 4) is 11.8 Å². The Morgan fingerprint density at radius 3 is 2.44 bits per heavy atom. The molecular weight excluding hydrogens is 474 g/mol. The first-order chi connectivity index (χ1) is 17.0. The van der Waals surface area contributed by atoms with E-state index in [0.29, 0.717) is 41.5 Å². The summed E-state index contributed by atoms with van der Waals surface area (Å²) in [5.74, 6) is 2.03. The van der Waals surface area contributed by atoms with Crippen LogP contribution in [0.25, 0.3) is 10.8 Å². The molecule has 1 aromatic heterocycles. The fourth-order valence-corrected chi connectivity index (χ4v) is 4.24. The van der Waals surface area contributed by atoms with E-state index in [1.807, 2.05) is 30.3 Å². The van der Waals surface area contributed by atoms with Gasteiger partial charge < -0.3 is 20.1 Å². The first-order valence-electron chi connectivity index (χ1n) is 12.3. The lowest BCUT2D eigenvalue weighted by Crippen LogP contribution is -2.42. The maximum Gasteiger partial charge on any atom is 0.159 e. The molecule has 0 amide bonds. The van der Waals surface area contributed by atoms with E-state index < -0.39 is 5.60 Å². The van der Waals surface area contributed by atoms with Crippen molar-refractivity contribution in [1.82, 2.24) is 10.2 Å². The third-order valence-corrected chi connectivity index (χ3v) is 7.58. The summed E-state index contributed by atoms with van der Waals surface area (Å²) in [4.78, 5) is 2.15. The van der Waals surface area contributed by atoms with Crippen LogP contribution in [0, 0.1) is 16.7 Å². The van der Waals surface area contributed by atoms with Gasteiger partial charge in [0.15, 0.2) is 11.6 Å². The Morgan fingerprint density at radius 1 is 1.08 bits per heavy atom. The zero-order valence-corrected chi connectivity index (χ0v) is 22.4. The molecule has 0 saturated carbocycles. The molecule has 0 unspecified atom stereocenters. The molecule has 8 heteroatoms. The highest BCUT2D eigenvalue weighted by molar-refractivity contribution is 6.32. The van der Waals surface area contributed by atoms with Crippen molar-refractivity contribution in [3.05, 3.63) is 52.5 Å². The summed E-state index contributed by atoms with van der Waals surface area (Å²) in [5.41, 5.74) is 1.09.